The summed E-state index contributed by atoms with van der Waals surface area (Å²) in [5, 5.41) is 10.0. The number of anilines is 1. The molecule has 0 aliphatic rings. The second kappa shape index (κ2) is 6.72. The van der Waals surface area contributed by atoms with E-state index in [2.05, 4.69) is 0 Å². The molecule has 1 rings (SSSR count). The van der Waals surface area contributed by atoms with Gasteiger partial charge in [0.15, 0.2) is 0 Å². The van der Waals surface area contributed by atoms with Crippen LogP contribution in [0.15, 0.2) is 17.0 Å². The summed E-state index contributed by atoms with van der Waals surface area (Å²) in [5.74, 6) is -1.61. The minimum Gasteiger partial charge on any atom is -0.744 e. The Labute approximate surface area is 127 Å². The van der Waals surface area contributed by atoms with E-state index in [-0.39, 0.29) is 37.7 Å². The van der Waals surface area contributed by atoms with E-state index in [9.17, 15) is 22.9 Å². The molecule has 82 valence electrons. The van der Waals surface area contributed by atoms with Crippen molar-refractivity contribution in [1.82, 2.24) is 0 Å². The van der Waals surface area contributed by atoms with E-state index in [0.29, 0.717) is 6.07 Å². The van der Waals surface area contributed by atoms with E-state index in [4.69, 9.17) is 17.3 Å². The monoisotopic (exact) mass is 263 g/mol. The Balaban J connectivity index is 0. The molecule has 2 N–H and O–H groups in total. The summed E-state index contributed by atoms with van der Waals surface area (Å²) in [6, 6.07) is 1.45. The molecule has 0 heterocycles. The Morgan fingerprint density at radius 3 is 2.12 bits per heavy atom. The number of nitrogen functional groups attached to an aromatic ring is 1. The summed E-state index contributed by atoms with van der Waals surface area (Å²) in [6.45, 7) is 0. The molecule has 0 unspecified atom stereocenters. The first-order chi connectivity index (χ1) is 6.73. The van der Waals surface area contributed by atoms with Crippen LogP contribution in [0.5, 0.6) is 0 Å². The van der Waals surface area contributed by atoms with Gasteiger partial charge in [0.05, 0.1) is 15.9 Å². The maximum atomic E-state index is 10.6. The number of carbonyl (C=O) groups excluding carboxylic acids is 1. The molecule has 0 aliphatic carbocycles. The average molecular weight is 264 g/mol. The fourth-order valence-corrected chi connectivity index (χ4v) is 1.86. The number of nitrogens with two attached hydrogens (primary N) is 1. The largest absolute Gasteiger partial charge is 1.00 e. The van der Waals surface area contributed by atoms with Gasteiger partial charge in [-0.3, -0.25) is 0 Å². The molecule has 1 aromatic carbocycles. The maximum absolute atomic E-state index is 10.6. The molecule has 0 aliphatic heterocycles. The summed E-state index contributed by atoms with van der Waals surface area (Å²) in [5.41, 5.74) is 4.24. The zero-order valence-corrected chi connectivity index (χ0v) is 10.6. The van der Waals surface area contributed by atoms with Gasteiger partial charge in [0.2, 0.25) is 0 Å². The van der Waals surface area contributed by atoms with Gasteiger partial charge in [-0.25, -0.2) is 8.42 Å². The Hall–Kier alpha value is -0.115. The van der Waals surface area contributed by atoms with E-state index >= 15 is 0 Å². The fourth-order valence-electron chi connectivity index (χ4n) is 0.945. The predicted octanol–water partition coefficient (Wildman–Crippen LogP) is -6.80. The number of hydrogen-bond acceptors (Lipinski definition) is 6. The van der Waals surface area contributed by atoms with Crippen LogP contribution in [0.4, 0.5) is 5.69 Å². The molecule has 0 radical (unpaired) electrons. The number of carboxylic acids is 1. The van der Waals surface area contributed by atoms with Crippen molar-refractivity contribution in [3.63, 3.8) is 0 Å². The van der Waals surface area contributed by atoms with E-state index < -0.39 is 37.3 Å². The molecule has 1 aromatic rings. The smallest absolute Gasteiger partial charge is 0.744 e. The fraction of sp³-hybridized carbons (Fsp3) is 0. The first-order valence-corrected chi connectivity index (χ1v) is 5.28. The summed E-state index contributed by atoms with van der Waals surface area (Å²) in [4.78, 5) is 9.70. The molecular weight excluding hydrogens is 259 g/mol. The van der Waals surface area contributed by atoms with Crippen LogP contribution < -0.4 is 48.6 Å². The van der Waals surface area contributed by atoms with Crippen LogP contribution >= 0.6 is 11.6 Å². The van der Waals surface area contributed by atoms with Crippen molar-refractivity contribution < 1.29 is 60.6 Å². The van der Waals surface area contributed by atoms with E-state index in [0.717, 1.165) is 6.07 Å². The normalized spacial score (nSPS) is 10.0. The van der Waals surface area contributed by atoms with Crippen molar-refractivity contribution in [3.05, 3.63) is 22.7 Å². The van der Waals surface area contributed by atoms with E-state index in [1.807, 2.05) is 0 Å². The van der Waals surface area contributed by atoms with Gasteiger partial charge >= 0.3 is 37.7 Å². The first-order valence-electron chi connectivity index (χ1n) is 3.49. The molecule has 6 nitrogen and oxygen atoms in total. The zero-order chi connectivity index (χ0) is 11.8. The molecular formula is C7H4ClLi2NO5S. The number of benzene rings is 1. The molecule has 17 heavy (non-hydrogen) atoms. The number of carboxylic acid groups (broad SMARTS) is 1. The Kier molecular flexibility index (Phi) is 7.60. The van der Waals surface area contributed by atoms with Gasteiger partial charge in [0, 0.05) is 11.3 Å². The summed E-state index contributed by atoms with van der Waals surface area (Å²) in [7, 11) is -4.77. The molecule has 0 saturated carbocycles. The topological polar surface area (TPSA) is 123 Å². The number of hydrogen-bond donors (Lipinski definition) is 1. The summed E-state index contributed by atoms with van der Waals surface area (Å²) < 4.78 is 31.9. The van der Waals surface area contributed by atoms with E-state index in [1.54, 1.807) is 0 Å². The van der Waals surface area contributed by atoms with Gasteiger partial charge in [-0.2, -0.15) is 0 Å². The number of aromatic carboxylic acids is 1. The van der Waals surface area contributed by atoms with Crippen LogP contribution in [-0.4, -0.2) is 18.9 Å². The van der Waals surface area contributed by atoms with Gasteiger partial charge in [0.25, 0.3) is 0 Å². The molecule has 0 amide bonds. The minimum atomic E-state index is -4.77. The van der Waals surface area contributed by atoms with Crippen molar-refractivity contribution >= 4 is 33.4 Å². The Morgan fingerprint density at radius 1 is 1.29 bits per heavy atom. The van der Waals surface area contributed by atoms with Crippen molar-refractivity contribution in [2.75, 3.05) is 5.73 Å². The average Bonchev–Trinajstić information content (AvgIpc) is 2.06. The first kappa shape index (κ1) is 19.2. The van der Waals surface area contributed by atoms with E-state index in [1.165, 1.54) is 0 Å². The van der Waals surface area contributed by atoms with Crippen LogP contribution in [0.25, 0.3) is 0 Å². The molecule has 0 aromatic heterocycles. The Bertz CT molecular complexity index is 533. The molecule has 0 fully saturated rings. The van der Waals surface area contributed by atoms with Gasteiger partial charge in [-0.05, 0) is 12.1 Å². The van der Waals surface area contributed by atoms with Crippen LogP contribution in [0.2, 0.25) is 5.02 Å². The molecule has 0 spiro atoms. The van der Waals surface area contributed by atoms with Crippen LogP contribution in [0, 0.1) is 0 Å². The quantitative estimate of drug-likeness (QED) is 0.321. The molecule has 0 atom stereocenters. The third-order valence-electron chi connectivity index (χ3n) is 1.59. The van der Waals surface area contributed by atoms with Crippen molar-refractivity contribution in [1.29, 1.82) is 0 Å². The Morgan fingerprint density at radius 2 is 1.76 bits per heavy atom. The summed E-state index contributed by atoms with van der Waals surface area (Å²) >= 11 is 5.42. The minimum absolute atomic E-state index is 0. The standard InChI is InChI=1S/C7H6ClNO5S.2Li/c8-4-2-6(15(12,13)14)5(9)1-3(4)7(10)11;;/h1-2H,9H2,(H,10,11)(H,12,13,14);;/q;2*+1/p-2. The van der Waals surface area contributed by atoms with Gasteiger partial charge in [-0.15, -0.1) is 0 Å². The van der Waals surface area contributed by atoms with Crippen molar-refractivity contribution in [2.24, 2.45) is 0 Å². The third-order valence-corrected chi connectivity index (χ3v) is 2.79. The third kappa shape index (κ3) is 4.57. The van der Waals surface area contributed by atoms with Gasteiger partial charge in [0.1, 0.15) is 10.1 Å². The SMILES string of the molecule is Nc1cc(C(=O)[O-])c(Cl)cc1S(=O)(=O)[O-].[Li+].[Li+]. The maximum Gasteiger partial charge on any atom is 1.00 e. The number of halogens is 1. The van der Waals surface area contributed by atoms with Crippen LogP contribution in [0.1, 0.15) is 10.4 Å². The summed E-state index contributed by atoms with van der Waals surface area (Å²) in [6.07, 6.45) is 0. The predicted molar refractivity (Wildman–Crippen MR) is 48.2 cm³/mol. The second-order valence-corrected chi connectivity index (χ2v) is 4.37. The van der Waals surface area contributed by atoms with Crippen LogP contribution in [-0.2, 0) is 10.1 Å². The number of carbonyl (C=O) groups is 1. The van der Waals surface area contributed by atoms with Gasteiger partial charge in [-0.1, -0.05) is 11.6 Å². The molecule has 0 saturated heterocycles. The van der Waals surface area contributed by atoms with Crippen molar-refractivity contribution in [2.45, 2.75) is 4.90 Å². The zero-order valence-electron chi connectivity index (χ0n) is 9.06. The second-order valence-electron chi connectivity index (χ2n) is 2.61. The van der Waals surface area contributed by atoms with Gasteiger partial charge < -0.3 is 20.2 Å². The number of rotatable bonds is 2. The van der Waals surface area contributed by atoms with Crippen LogP contribution in [0.3, 0.4) is 0 Å². The molecule has 10 heteroatoms. The molecule has 0 bridgehead atoms. The van der Waals surface area contributed by atoms with Crippen molar-refractivity contribution in [3.8, 4) is 0 Å².